The van der Waals surface area contributed by atoms with Crippen molar-refractivity contribution < 1.29 is 9.18 Å². The van der Waals surface area contributed by atoms with Crippen molar-refractivity contribution >= 4 is 5.91 Å². The molecule has 0 saturated carbocycles. The molecule has 1 amide bonds. The molecule has 1 heterocycles. The van der Waals surface area contributed by atoms with E-state index in [0.717, 1.165) is 0 Å². The lowest BCUT2D eigenvalue weighted by Crippen LogP contribution is -2.42. The van der Waals surface area contributed by atoms with E-state index < -0.39 is 5.54 Å². The van der Waals surface area contributed by atoms with Crippen LogP contribution in [0.25, 0.3) is 0 Å². The molecule has 1 aliphatic rings. The summed E-state index contributed by atoms with van der Waals surface area (Å²) in [5.41, 5.74) is -0.0812. The first-order valence-corrected chi connectivity index (χ1v) is 5.79. The summed E-state index contributed by atoms with van der Waals surface area (Å²) in [4.78, 5) is 13.7. The lowest BCUT2D eigenvalue weighted by molar-refractivity contribution is -0.131. The average molecular weight is 236 g/mol. The molecule has 1 aliphatic heterocycles. The molecule has 3 nitrogen and oxygen atoms in total. The van der Waals surface area contributed by atoms with Crippen LogP contribution in [0.4, 0.5) is 4.39 Å². The third-order valence-electron chi connectivity index (χ3n) is 3.54. The number of hydrogen-bond acceptors (Lipinski definition) is 2. The second-order valence-corrected chi connectivity index (χ2v) is 4.67. The van der Waals surface area contributed by atoms with Crippen LogP contribution in [0.1, 0.15) is 32.0 Å². The maximum Gasteiger partial charge on any atom is 0.243 e. The summed E-state index contributed by atoms with van der Waals surface area (Å²) >= 11 is 0. The molecule has 2 rings (SSSR count). The van der Waals surface area contributed by atoms with Crippen molar-refractivity contribution in [3.8, 4) is 0 Å². The van der Waals surface area contributed by atoms with Crippen LogP contribution in [0, 0.1) is 5.82 Å². The monoisotopic (exact) mass is 236 g/mol. The van der Waals surface area contributed by atoms with Gasteiger partial charge >= 0.3 is 0 Å². The lowest BCUT2D eigenvalue weighted by atomic mass is 9.99. The van der Waals surface area contributed by atoms with Gasteiger partial charge in [-0.3, -0.25) is 10.1 Å². The Morgan fingerprint density at radius 1 is 1.47 bits per heavy atom. The number of carbonyl (C=O) groups excluding carboxylic acids is 1. The maximum atomic E-state index is 13.7. The second-order valence-electron chi connectivity index (χ2n) is 4.67. The van der Waals surface area contributed by atoms with E-state index >= 15 is 0 Å². The summed E-state index contributed by atoms with van der Waals surface area (Å²) in [5, 5.41) is 3.21. The summed E-state index contributed by atoms with van der Waals surface area (Å²) < 4.78 is 13.7. The van der Waals surface area contributed by atoms with E-state index in [2.05, 4.69) is 5.32 Å². The van der Waals surface area contributed by atoms with Crippen molar-refractivity contribution in [2.24, 2.45) is 0 Å². The number of nitrogens with one attached hydrogen (secondary N) is 1. The molecule has 1 aromatic rings. The number of halogens is 1. The van der Waals surface area contributed by atoms with E-state index in [1.165, 1.54) is 6.07 Å². The van der Waals surface area contributed by atoms with E-state index in [1.54, 1.807) is 30.1 Å². The molecule has 17 heavy (non-hydrogen) atoms. The molecular formula is C13H17FN2O. The minimum Gasteiger partial charge on any atom is -0.324 e. The Balaban J connectivity index is 2.37. The number of rotatable bonds is 2. The summed E-state index contributed by atoms with van der Waals surface area (Å²) in [6.45, 7) is 3.80. The number of benzene rings is 1. The van der Waals surface area contributed by atoms with E-state index in [4.69, 9.17) is 0 Å². The van der Waals surface area contributed by atoms with Crippen molar-refractivity contribution in [2.45, 2.75) is 32.0 Å². The first kappa shape index (κ1) is 12.0. The molecule has 1 aromatic carbocycles. The molecule has 2 unspecified atom stereocenters. The highest BCUT2D eigenvalue weighted by molar-refractivity contribution is 5.88. The molecule has 1 N–H and O–H groups in total. The first-order valence-electron chi connectivity index (χ1n) is 5.79. The van der Waals surface area contributed by atoms with Crippen LogP contribution >= 0.6 is 0 Å². The molecule has 0 radical (unpaired) electrons. The van der Waals surface area contributed by atoms with E-state index in [0.29, 0.717) is 12.0 Å². The van der Waals surface area contributed by atoms with Gasteiger partial charge in [0.1, 0.15) is 12.0 Å². The van der Waals surface area contributed by atoms with Crippen LogP contribution in [0.2, 0.25) is 0 Å². The number of likely N-dealkylation sites (N-methyl/N-ethyl adjacent to an activating group) is 1. The molecule has 92 valence electrons. The van der Waals surface area contributed by atoms with Crippen LogP contribution in [-0.4, -0.2) is 23.4 Å². The Hall–Kier alpha value is -1.42. The van der Waals surface area contributed by atoms with Crippen LogP contribution in [0.3, 0.4) is 0 Å². The quantitative estimate of drug-likeness (QED) is 0.852. The Labute approximate surface area is 101 Å². The fourth-order valence-corrected chi connectivity index (χ4v) is 2.20. The molecule has 0 bridgehead atoms. The minimum absolute atomic E-state index is 0.00764. The van der Waals surface area contributed by atoms with Gasteiger partial charge in [0.15, 0.2) is 0 Å². The zero-order valence-corrected chi connectivity index (χ0v) is 10.3. The SMILES string of the molecule is CCC1(C)NC(c2ccccc2F)N(C)C1=O. The average Bonchev–Trinajstić information content (AvgIpc) is 2.56. The summed E-state index contributed by atoms with van der Waals surface area (Å²) in [6, 6.07) is 6.55. The van der Waals surface area contributed by atoms with Crippen molar-refractivity contribution in [2.75, 3.05) is 7.05 Å². The Bertz CT molecular complexity index is 449. The molecule has 0 aromatic heterocycles. The predicted octanol–water partition coefficient (Wildman–Crippen LogP) is 2.05. The summed E-state index contributed by atoms with van der Waals surface area (Å²) in [7, 11) is 1.70. The molecule has 1 fully saturated rings. The standard InChI is InChI=1S/C13H17FN2O/c1-4-13(2)12(17)16(3)11(15-13)9-7-5-6-8-10(9)14/h5-8,11,15H,4H2,1-3H3. The Kier molecular flexibility index (Phi) is 2.91. The van der Waals surface area contributed by atoms with Gasteiger partial charge in [0.05, 0.1) is 5.54 Å². The number of amides is 1. The van der Waals surface area contributed by atoms with Gasteiger partial charge in [-0.05, 0) is 19.4 Å². The topological polar surface area (TPSA) is 32.3 Å². The van der Waals surface area contributed by atoms with Crippen molar-refractivity contribution in [1.29, 1.82) is 0 Å². The van der Waals surface area contributed by atoms with E-state index in [9.17, 15) is 9.18 Å². The Morgan fingerprint density at radius 3 is 2.65 bits per heavy atom. The van der Waals surface area contributed by atoms with E-state index in [-0.39, 0.29) is 17.9 Å². The molecular weight excluding hydrogens is 219 g/mol. The van der Waals surface area contributed by atoms with Gasteiger partial charge in [0.2, 0.25) is 5.91 Å². The van der Waals surface area contributed by atoms with Crippen LogP contribution < -0.4 is 5.32 Å². The smallest absolute Gasteiger partial charge is 0.243 e. The molecule has 1 saturated heterocycles. The Morgan fingerprint density at radius 2 is 2.12 bits per heavy atom. The zero-order valence-electron chi connectivity index (χ0n) is 10.3. The van der Waals surface area contributed by atoms with Gasteiger partial charge in [-0.1, -0.05) is 25.1 Å². The second kappa shape index (κ2) is 4.11. The van der Waals surface area contributed by atoms with Crippen LogP contribution in [-0.2, 0) is 4.79 Å². The fourth-order valence-electron chi connectivity index (χ4n) is 2.20. The third-order valence-corrected chi connectivity index (χ3v) is 3.54. The molecule has 4 heteroatoms. The summed E-state index contributed by atoms with van der Waals surface area (Å²) in [5.74, 6) is -0.279. The summed E-state index contributed by atoms with van der Waals surface area (Å²) in [6.07, 6.45) is 0.301. The van der Waals surface area contributed by atoms with Crippen LogP contribution in [0.15, 0.2) is 24.3 Å². The van der Waals surface area contributed by atoms with Gasteiger partial charge in [-0.2, -0.15) is 0 Å². The van der Waals surface area contributed by atoms with Crippen molar-refractivity contribution in [3.63, 3.8) is 0 Å². The van der Waals surface area contributed by atoms with E-state index in [1.807, 2.05) is 13.8 Å². The predicted molar refractivity (Wildman–Crippen MR) is 63.7 cm³/mol. The maximum absolute atomic E-state index is 13.7. The minimum atomic E-state index is -0.596. The number of hydrogen-bond donors (Lipinski definition) is 1. The lowest BCUT2D eigenvalue weighted by Gasteiger charge is -2.20. The highest BCUT2D eigenvalue weighted by Gasteiger charge is 2.45. The third kappa shape index (κ3) is 1.82. The number of nitrogens with zero attached hydrogens (tertiary/aromatic N) is 1. The normalized spacial score (nSPS) is 28.8. The van der Waals surface area contributed by atoms with Gasteiger partial charge < -0.3 is 4.90 Å². The highest BCUT2D eigenvalue weighted by Crippen LogP contribution is 2.32. The van der Waals surface area contributed by atoms with Crippen molar-refractivity contribution in [1.82, 2.24) is 10.2 Å². The zero-order chi connectivity index (χ0) is 12.6. The van der Waals surface area contributed by atoms with Gasteiger partial charge in [0, 0.05) is 12.6 Å². The fraction of sp³-hybridized carbons (Fsp3) is 0.462. The van der Waals surface area contributed by atoms with Crippen molar-refractivity contribution in [3.05, 3.63) is 35.6 Å². The van der Waals surface area contributed by atoms with Gasteiger partial charge in [-0.15, -0.1) is 0 Å². The van der Waals surface area contributed by atoms with Gasteiger partial charge in [0.25, 0.3) is 0 Å². The largest absolute Gasteiger partial charge is 0.324 e. The first-order chi connectivity index (χ1) is 7.99. The number of carbonyl (C=O) groups is 1. The molecule has 0 aliphatic carbocycles. The highest BCUT2D eigenvalue weighted by atomic mass is 19.1. The molecule has 0 spiro atoms. The molecule has 2 atom stereocenters. The van der Waals surface area contributed by atoms with Crippen LogP contribution in [0.5, 0.6) is 0 Å². The van der Waals surface area contributed by atoms with Gasteiger partial charge in [-0.25, -0.2) is 4.39 Å².